The van der Waals surface area contributed by atoms with E-state index in [0.717, 1.165) is 24.5 Å². The third kappa shape index (κ3) is 2.87. The summed E-state index contributed by atoms with van der Waals surface area (Å²) in [6.07, 6.45) is 1.79. The number of pyridine rings is 1. The van der Waals surface area contributed by atoms with Crippen molar-refractivity contribution in [2.45, 2.75) is 32.9 Å². The molecule has 2 N–H and O–H groups in total. The fourth-order valence-electron chi connectivity index (χ4n) is 2.48. The Morgan fingerprint density at radius 2 is 2.42 bits per heavy atom. The third-order valence-corrected chi connectivity index (χ3v) is 3.56. The lowest BCUT2D eigenvalue weighted by molar-refractivity contribution is -0.122. The second-order valence-electron chi connectivity index (χ2n) is 4.86. The number of nitrogens with one attached hydrogen (secondary N) is 2. The van der Waals surface area contributed by atoms with Gasteiger partial charge in [0, 0.05) is 30.9 Å². The average Bonchev–Trinajstić information content (AvgIpc) is 2.42. The summed E-state index contributed by atoms with van der Waals surface area (Å²) < 4.78 is 0. The number of carbonyl (C=O) groups excluding carboxylic acids is 1. The molecule has 1 aliphatic rings. The van der Waals surface area contributed by atoms with Crippen LogP contribution in [0.4, 0.5) is 5.82 Å². The van der Waals surface area contributed by atoms with Gasteiger partial charge in [0.2, 0.25) is 5.91 Å². The lowest BCUT2D eigenvalue weighted by Gasteiger charge is -2.35. The number of amides is 1. The highest BCUT2D eigenvalue weighted by molar-refractivity contribution is 5.86. The number of carbonyl (C=O) groups is 1. The van der Waals surface area contributed by atoms with Gasteiger partial charge in [-0.3, -0.25) is 4.79 Å². The first kappa shape index (κ1) is 13.8. The van der Waals surface area contributed by atoms with Crippen molar-refractivity contribution in [3.05, 3.63) is 23.9 Å². The van der Waals surface area contributed by atoms with Crippen LogP contribution in [0, 0.1) is 0 Å². The van der Waals surface area contributed by atoms with Gasteiger partial charge in [-0.25, -0.2) is 4.98 Å². The van der Waals surface area contributed by atoms with E-state index in [9.17, 15) is 4.79 Å². The fraction of sp³-hybridized carbons (Fsp3) is 0.571. The molecule has 1 aliphatic heterocycles. The molecule has 0 bridgehead atoms. The largest absolute Gasteiger partial charge is 0.353 e. The molecule has 5 nitrogen and oxygen atoms in total. The summed E-state index contributed by atoms with van der Waals surface area (Å²) in [5, 5.41) is 6.28. The molecule has 1 amide bonds. The zero-order valence-electron chi connectivity index (χ0n) is 11.8. The van der Waals surface area contributed by atoms with E-state index in [1.54, 1.807) is 6.20 Å². The van der Waals surface area contributed by atoms with Crippen LogP contribution in [-0.2, 0) is 4.79 Å². The van der Waals surface area contributed by atoms with Crippen molar-refractivity contribution in [3.8, 4) is 0 Å². The van der Waals surface area contributed by atoms with Gasteiger partial charge in [0.05, 0.1) is 0 Å². The highest BCUT2D eigenvalue weighted by Crippen LogP contribution is 2.26. The van der Waals surface area contributed by atoms with Gasteiger partial charge >= 0.3 is 0 Å². The van der Waals surface area contributed by atoms with Crippen molar-refractivity contribution >= 4 is 11.7 Å². The van der Waals surface area contributed by atoms with Gasteiger partial charge in [-0.05, 0) is 26.5 Å². The number of aromatic nitrogens is 1. The molecule has 2 heterocycles. The summed E-state index contributed by atoms with van der Waals surface area (Å²) in [5.74, 6) is 0.984. The van der Waals surface area contributed by atoms with E-state index in [1.165, 1.54) is 0 Å². The summed E-state index contributed by atoms with van der Waals surface area (Å²) in [6.45, 7) is 8.52. The lowest BCUT2D eigenvalue weighted by Crippen LogP contribution is -2.54. The maximum absolute atomic E-state index is 11.8. The molecule has 1 aromatic heterocycles. The molecule has 2 atom stereocenters. The van der Waals surface area contributed by atoms with Crippen LogP contribution in [0.25, 0.3) is 0 Å². The molecule has 0 saturated carbocycles. The van der Waals surface area contributed by atoms with Crippen LogP contribution in [0.15, 0.2) is 18.3 Å². The monoisotopic (exact) mass is 262 g/mol. The molecule has 104 valence electrons. The smallest absolute Gasteiger partial charge is 0.242 e. The van der Waals surface area contributed by atoms with E-state index in [-0.39, 0.29) is 18.0 Å². The first-order valence-electron chi connectivity index (χ1n) is 6.87. The molecule has 0 aromatic carbocycles. The number of rotatable bonds is 4. The Labute approximate surface area is 114 Å². The van der Waals surface area contributed by atoms with Gasteiger partial charge in [0.25, 0.3) is 0 Å². The molecule has 5 heteroatoms. The van der Waals surface area contributed by atoms with Gasteiger partial charge in [-0.2, -0.15) is 0 Å². The minimum atomic E-state index is -0.170. The second-order valence-corrected chi connectivity index (χ2v) is 4.86. The first-order chi connectivity index (χ1) is 9.15. The van der Waals surface area contributed by atoms with Gasteiger partial charge in [0.15, 0.2) is 0 Å². The summed E-state index contributed by atoms with van der Waals surface area (Å²) in [4.78, 5) is 18.4. The maximum atomic E-state index is 11.8. The number of hydrogen-bond acceptors (Lipinski definition) is 4. The lowest BCUT2D eigenvalue weighted by atomic mass is 10.1. The Hall–Kier alpha value is -1.62. The van der Waals surface area contributed by atoms with Crippen LogP contribution in [0.5, 0.6) is 0 Å². The van der Waals surface area contributed by atoms with Crippen molar-refractivity contribution in [2.75, 3.05) is 24.5 Å². The van der Waals surface area contributed by atoms with Crippen molar-refractivity contribution in [1.82, 2.24) is 15.6 Å². The zero-order valence-corrected chi connectivity index (χ0v) is 11.8. The minimum absolute atomic E-state index is 0.0685. The topological polar surface area (TPSA) is 57.3 Å². The van der Waals surface area contributed by atoms with E-state index < -0.39 is 0 Å². The summed E-state index contributed by atoms with van der Waals surface area (Å²) >= 11 is 0. The number of hydrogen-bond donors (Lipinski definition) is 2. The molecule has 2 unspecified atom stereocenters. The molecule has 2 rings (SSSR count). The van der Waals surface area contributed by atoms with E-state index in [0.29, 0.717) is 6.54 Å². The fourth-order valence-corrected chi connectivity index (χ4v) is 2.48. The molecule has 19 heavy (non-hydrogen) atoms. The molecule has 1 saturated heterocycles. The Balaban J connectivity index is 2.30. The zero-order chi connectivity index (χ0) is 13.8. The van der Waals surface area contributed by atoms with E-state index >= 15 is 0 Å². The number of anilines is 1. The first-order valence-corrected chi connectivity index (χ1v) is 6.87. The molecule has 1 aromatic rings. The predicted molar refractivity (Wildman–Crippen MR) is 76.1 cm³/mol. The normalized spacial score (nSPS) is 21.1. The predicted octanol–water partition coefficient (Wildman–Crippen LogP) is 1.08. The molecule has 0 aliphatic carbocycles. The van der Waals surface area contributed by atoms with Crippen LogP contribution in [0.2, 0.25) is 0 Å². The molecule has 0 radical (unpaired) electrons. The van der Waals surface area contributed by atoms with Crippen LogP contribution >= 0.6 is 0 Å². The van der Waals surface area contributed by atoms with Crippen molar-refractivity contribution < 1.29 is 4.79 Å². The average molecular weight is 262 g/mol. The Bertz CT molecular complexity index is 449. The number of piperazine rings is 1. The SMILES string of the molecule is CCNC(C)c1cccnc1N1CCNC(=O)C1C. The van der Waals surface area contributed by atoms with Crippen molar-refractivity contribution in [3.63, 3.8) is 0 Å². The Kier molecular flexibility index (Phi) is 4.37. The highest BCUT2D eigenvalue weighted by atomic mass is 16.2. The Morgan fingerprint density at radius 1 is 1.63 bits per heavy atom. The van der Waals surface area contributed by atoms with Crippen molar-refractivity contribution in [2.24, 2.45) is 0 Å². The van der Waals surface area contributed by atoms with Gasteiger partial charge in [-0.1, -0.05) is 13.0 Å². The maximum Gasteiger partial charge on any atom is 0.242 e. The summed E-state index contributed by atoms with van der Waals surface area (Å²) in [5.41, 5.74) is 1.14. The van der Waals surface area contributed by atoms with Crippen molar-refractivity contribution in [1.29, 1.82) is 0 Å². The Morgan fingerprint density at radius 3 is 3.16 bits per heavy atom. The minimum Gasteiger partial charge on any atom is -0.353 e. The molecule has 0 spiro atoms. The van der Waals surface area contributed by atoms with E-state index in [2.05, 4.69) is 40.4 Å². The van der Waals surface area contributed by atoms with Crippen LogP contribution in [-0.4, -0.2) is 36.6 Å². The van der Waals surface area contributed by atoms with E-state index in [1.807, 2.05) is 13.0 Å². The second kappa shape index (κ2) is 6.02. The molecule has 1 fully saturated rings. The van der Waals surface area contributed by atoms with Crippen LogP contribution in [0.3, 0.4) is 0 Å². The van der Waals surface area contributed by atoms with Gasteiger partial charge in [0.1, 0.15) is 11.9 Å². The van der Waals surface area contributed by atoms with E-state index in [4.69, 9.17) is 0 Å². The molecular formula is C14H22N4O. The summed E-state index contributed by atoms with van der Waals surface area (Å²) in [6, 6.07) is 4.08. The van der Waals surface area contributed by atoms with Gasteiger partial charge < -0.3 is 15.5 Å². The quantitative estimate of drug-likeness (QED) is 0.852. The van der Waals surface area contributed by atoms with Crippen LogP contribution < -0.4 is 15.5 Å². The summed E-state index contributed by atoms with van der Waals surface area (Å²) in [7, 11) is 0. The van der Waals surface area contributed by atoms with Gasteiger partial charge in [-0.15, -0.1) is 0 Å². The standard InChI is InChI=1S/C14H22N4O/c1-4-15-10(2)12-6-5-7-16-13(12)18-9-8-17-14(19)11(18)3/h5-7,10-11,15H,4,8-9H2,1-3H3,(H,17,19). The third-order valence-electron chi connectivity index (χ3n) is 3.56. The number of nitrogens with zero attached hydrogens (tertiary/aromatic N) is 2. The van der Waals surface area contributed by atoms with Crippen LogP contribution in [0.1, 0.15) is 32.4 Å². The highest BCUT2D eigenvalue weighted by Gasteiger charge is 2.28. The molecular weight excluding hydrogens is 240 g/mol.